The Bertz CT molecular complexity index is 123. The molecule has 72 valence electrons. The van der Waals surface area contributed by atoms with Crippen LogP contribution in [-0.4, -0.2) is 46.6 Å². The molecule has 0 unspecified atom stereocenters. The first-order valence-corrected chi connectivity index (χ1v) is 3.83. The molecule has 0 bridgehead atoms. The molecule has 0 saturated heterocycles. The Hall–Kier alpha value is -0.880. The van der Waals surface area contributed by atoms with Gasteiger partial charge in [0.2, 0.25) is 0 Å². The summed E-state index contributed by atoms with van der Waals surface area (Å²) < 4.78 is 0. The molecule has 0 aromatic heterocycles. The Kier molecular flexibility index (Phi) is 6.31. The summed E-state index contributed by atoms with van der Waals surface area (Å²) in [4.78, 5) is 10.3. The van der Waals surface area contributed by atoms with Crippen molar-refractivity contribution < 1.29 is 15.2 Å². The molecule has 0 spiro atoms. The highest BCUT2D eigenvalue weighted by molar-refractivity contribution is 4.45. The van der Waals surface area contributed by atoms with Crippen molar-refractivity contribution in [1.82, 2.24) is 5.01 Å². The molecule has 6 heteroatoms. The first-order chi connectivity index (χ1) is 5.72. The van der Waals surface area contributed by atoms with E-state index in [4.69, 9.17) is 10.2 Å². The molecule has 0 fully saturated rings. The molecule has 0 atom stereocenters. The molecular formula is C6H14N2O4. The van der Waals surface area contributed by atoms with Gasteiger partial charge in [-0.05, 0) is 12.8 Å². The maximum Gasteiger partial charge on any atom is 0.160 e. The molecule has 0 amide bonds. The van der Waals surface area contributed by atoms with E-state index in [1.807, 2.05) is 0 Å². The lowest BCUT2D eigenvalue weighted by Crippen LogP contribution is -2.32. The normalized spacial score (nSPS) is 9.83. The minimum atomic E-state index is -0.509. The molecular weight excluding hydrogens is 164 g/mol. The number of hydrazine groups is 1. The molecule has 12 heavy (non-hydrogen) atoms. The first-order valence-electron chi connectivity index (χ1n) is 3.83. The first kappa shape index (κ1) is 11.1. The quantitative estimate of drug-likeness (QED) is 0.395. The lowest BCUT2D eigenvalue weighted by atomic mass is 10.4. The minimum Gasteiger partial charge on any atom is -0.396 e. The van der Waals surface area contributed by atoms with Crippen molar-refractivity contribution in [3.63, 3.8) is 0 Å². The van der Waals surface area contributed by atoms with Crippen LogP contribution in [0, 0.1) is 10.1 Å². The van der Waals surface area contributed by atoms with Gasteiger partial charge in [0.25, 0.3) is 0 Å². The second-order valence-corrected chi connectivity index (χ2v) is 2.35. The third-order valence-electron chi connectivity index (χ3n) is 1.38. The number of aliphatic hydroxyl groups is 2. The SMILES string of the molecule is O=[N+]([O-])N(CCCO)CCCO. The predicted molar refractivity (Wildman–Crippen MR) is 42.0 cm³/mol. The molecule has 0 aliphatic carbocycles. The zero-order valence-corrected chi connectivity index (χ0v) is 6.85. The van der Waals surface area contributed by atoms with E-state index >= 15 is 0 Å². The number of nitro groups is 1. The summed E-state index contributed by atoms with van der Waals surface area (Å²) in [5, 5.41) is 27.6. The van der Waals surface area contributed by atoms with Gasteiger partial charge in [-0.3, -0.25) is 0 Å². The highest BCUT2D eigenvalue weighted by atomic mass is 16.7. The van der Waals surface area contributed by atoms with E-state index in [2.05, 4.69) is 0 Å². The summed E-state index contributed by atoms with van der Waals surface area (Å²) in [5.74, 6) is 0. The maximum absolute atomic E-state index is 10.3. The number of hydrogen-bond donors (Lipinski definition) is 2. The molecule has 6 nitrogen and oxygen atoms in total. The van der Waals surface area contributed by atoms with Crippen molar-refractivity contribution in [3.8, 4) is 0 Å². The third kappa shape index (κ3) is 4.86. The zero-order chi connectivity index (χ0) is 9.40. The van der Waals surface area contributed by atoms with Crippen LogP contribution in [0.2, 0.25) is 0 Å². The third-order valence-corrected chi connectivity index (χ3v) is 1.38. The van der Waals surface area contributed by atoms with Gasteiger partial charge in [-0.2, -0.15) is 0 Å². The molecule has 0 aromatic rings. The predicted octanol–water partition coefficient (Wildman–Crippen LogP) is -0.755. The zero-order valence-electron chi connectivity index (χ0n) is 6.85. The van der Waals surface area contributed by atoms with Crippen LogP contribution in [0.1, 0.15) is 12.8 Å². The maximum atomic E-state index is 10.3. The number of aliphatic hydroxyl groups excluding tert-OH is 2. The smallest absolute Gasteiger partial charge is 0.160 e. The van der Waals surface area contributed by atoms with E-state index in [0.29, 0.717) is 12.8 Å². The molecule has 0 aliphatic heterocycles. The van der Waals surface area contributed by atoms with Crippen molar-refractivity contribution in [2.45, 2.75) is 12.8 Å². The summed E-state index contributed by atoms with van der Waals surface area (Å²) in [7, 11) is 0. The Labute approximate surface area is 70.5 Å². The summed E-state index contributed by atoms with van der Waals surface area (Å²) in [6.07, 6.45) is 0.763. The Balaban J connectivity index is 3.62. The molecule has 0 heterocycles. The van der Waals surface area contributed by atoms with Crippen molar-refractivity contribution in [1.29, 1.82) is 0 Å². The van der Waals surface area contributed by atoms with Crippen molar-refractivity contribution >= 4 is 0 Å². The van der Waals surface area contributed by atoms with Crippen LogP contribution in [0.3, 0.4) is 0 Å². The molecule has 0 aliphatic rings. The Morgan fingerprint density at radius 3 is 1.83 bits per heavy atom. The van der Waals surface area contributed by atoms with Crippen LogP contribution in [-0.2, 0) is 0 Å². The molecule has 0 saturated carbocycles. The highest BCUT2D eigenvalue weighted by Crippen LogP contribution is 1.93. The monoisotopic (exact) mass is 178 g/mol. The summed E-state index contributed by atoms with van der Waals surface area (Å²) in [5.41, 5.74) is 0. The fourth-order valence-corrected chi connectivity index (χ4v) is 0.782. The topological polar surface area (TPSA) is 86.8 Å². The van der Waals surface area contributed by atoms with E-state index < -0.39 is 5.03 Å². The van der Waals surface area contributed by atoms with Crippen LogP contribution in [0.5, 0.6) is 0 Å². The lowest BCUT2D eigenvalue weighted by Gasteiger charge is -2.12. The van der Waals surface area contributed by atoms with Crippen LogP contribution in [0.15, 0.2) is 0 Å². The summed E-state index contributed by atoms with van der Waals surface area (Å²) in [6.45, 7) is 0.347. The summed E-state index contributed by atoms with van der Waals surface area (Å²) in [6, 6.07) is 0. The molecule has 0 radical (unpaired) electrons. The van der Waals surface area contributed by atoms with Crippen LogP contribution >= 0.6 is 0 Å². The van der Waals surface area contributed by atoms with E-state index in [0.717, 1.165) is 5.01 Å². The fraction of sp³-hybridized carbons (Fsp3) is 1.00. The van der Waals surface area contributed by atoms with Crippen molar-refractivity contribution in [2.24, 2.45) is 0 Å². The van der Waals surface area contributed by atoms with Gasteiger partial charge in [-0.15, -0.1) is 5.01 Å². The fourth-order valence-electron chi connectivity index (χ4n) is 0.782. The number of rotatable bonds is 7. The number of hydrogen-bond acceptors (Lipinski definition) is 4. The van der Waals surface area contributed by atoms with Gasteiger partial charge in [-0.1, -0.05) is 0 Å². The standard InChI is InChI=1S/C6H14N2O4/c9-5-1-3-7(8(11)12)4-2-6-10/h9-10H,1-6H2. The van der Waals surface area contributed by atoms with Gasteiger partial charge in [-0.25, -0.2) is 10.1 Å². The van der Waals surface area contributed by atoms with Crippen LogP contribution in [0.25, 0.3) is 0 Å². The van der Waals surface area contributed by atoms with Gasteiger partial charge in [0, 0.05) is 13.2 Å². The number of nitrogens with zero attached hydrogens (tertiary/aromatic N) is 2. The van der Waals surface area contributed by atoms with Crippen LogP contribution < -0.4 is 0 Å². The molecule has 0 aromatic carbocycles. The van der Waals surface area contributed by atoms with Gasteiger partial charge >= 0.3 is 0 Å². The largest absolute Gasteiger partial charge is 0.396 e. The van der Waals surface area contributed by atoms with E-state index in [9.17, 15) is 10.1 Å². The summed E-state index contributed by atoms with van der Waals surface area (Å²) >= 11 is 0. The van der Waals surface area contributed by atoms with E-state index in [-0.39, 0.29) is 26.3 Å². The molecule has 2 N–H and O–H groups in total. The average molecular weight is 178 g/mol. The van der Waals surface area contributed by atoms with Gasteiger partial charge in [0.05, 0.1) is 13.1 Å². The minimum absolute atomic E-state index is 0.0521. The lowest BCUT2D eigenvalue weighted by molar-refractivity contribution is -0.655. The second-order valence-electron chi connectivity index (χ2n) is 2.35. The Morgan fingerprint density at radius 2 is 1.58 bits per heavy atom. The molecule has 0 rings (SSSR count). The van der Waals surface area contributed by atoms with Crippen molar-refractivity contribution in [3.05, 3.63) is 10.1 Å². The second kappa shape index (κ2) is 6.81. The van der Waals surface area contributed by atoms with Gasteiger partial charge in [0.1, 0.15) is 0 Å². The van der Waals surface area contributed by atoms with Gasteiger partial charge < -0.3 is 10.2 Å². The average Bonchev–Trinajstić information content (AvgIpc) is 2.04. The van der Waals surface area contributed by atoms with Crippen LogP contribution in [0.4, 0.5) is 0 Å². The van der Waals surface area contributed by atoms with Gasteiger partial charge in [0.15, 0.2) is 5.03 Å². The van der Waals surface area contributed by atoms with Crippen molar-refractivity contribution in [2.75, 3.05) is 26.3 Å². The van der Waals surface area contributed by atoms with E-state index in [1.54, 1.807) is 0 Å². The highest BCUT2D eigenvalue weighted by Gasteiger charge is 2.11. The van der Waals surface area contributed by atoms with E-state index in [1.165, 1.54) is 0 Å². The Morgan fingerprint density at radius 1 is 1.17 bits per heavy atom.